The summed E-state index contributed by atoms with van der Waals surface area (Å²) in [5.41, 5.74) is 0.620. The topological polar surface area (TPSA) is 61.8 Å². The Morgan fingerprint density at radius 1 is 1.30 bits per heavy atom. The standard InChI is InChI=1S/C15H14O5/c1-18-8-4-2-7(3-5-8)13(16)11-10-9-6-19-15(20-9)14(17)12(10)11/h2-5,9-12,15H,6H2,1H3. The second-order valence-corrected chi connectivity index (χ2v) is 5.46. The molecule has 2 aliphatic heterocycles. The highest BCUT2D eigenvalue weighted by molar-refractivity contribution is 6.05. The summed E-state index contributed by atoms with van der Waals surface area (Å²) in [6.45, 7) is 0.421. The Labute approximate surface area is 115 Å². The van der Waals surface area contributed by atoms with Gasteiger partial charge in [0.2, 0.25) is 6.29 Å². The Balaban J connectivity index is 1.57. The Morgan fingerprint density at radius 3 is 2.75 bits per heavy atom. The quantitative estimate of drug-likeness (QED) is 0.771. The number of ketones is 2. The predicted molar refractivity (Wildman–Crippen MR) is 67.4 cm³/mol. The SMILES string of the molecule is COc1ccc(C(=O)C2C3C(=O)C4OCC(O4)C23)cc1. The molecule has 5 atom stereocenters. The van der Waals surface area contributed by atoms with Crippen molar-refractivity contribution in [3.63, 3.8) is 0 Å². The van der Waals surface area contributed by atoms with Gasteiger partial charge in [-0.1, -0.05) is 0 Å². The number of Topliss-reactive ketones (excluding diaryl/α,β-unsaturated/α-hetero) is 2. The normalized spacial score (nSPS) is 37.5. The molecule has 2 saturated heterocycles. The number of hydrogen-bond donors (Lipinski definition) is 0. The van der Waals surface area contributed by atoms with E-state index in [1.165, 1.54) is 0 Å². The summed E-state index contributed by atoms with van der Waals surface area (Å²) in [5.74, 6) is 0.200. The minimum absolute atomic E-state index is 0.00384. The van der Waals surface area contributed by atoms with E-state index < -0.39 is 6.29 Å². The molecule has 5 nitrogen and oxygen atoms in total. The third-order valence-corrected chi connectivity index (χ3v) is 4.45. The lowest BCUT2D eigenvalue weighted by atomic mass is 10.0. The third-order valence-electron chi connectivity index (χ3n) is 4.45. The van der Waals surface area contributed by atoms with Crippen LogP contribution in [0.2, 0.25) is 0 Å². The summed E-state index contributed by atoms with van der Waals surface area (Å²) in [6.07, 6.45) is -0.843. The minimum Gasteiger partial charge on any atom is -0.497 e. The van der Waals surface area contributed by atoms with E-state index in [-0.39, 0.29) is 35.4 Å². The maximum atomic E-state index is 12.5. The fraction of sp³-hybridized carbons (Fsp3) is 0.467. The van der Waals surface area contributed by atoms with Gasteiger partial charge in [0.1, 0.15) is 5.75 Å². The van der Waals surface area contributed by atoms with E-state index in [4.69, 9.17) is 14.2 Å². The lowest BCUT2D eigenvalue weighted by molar-refractivity contribution is -0.153. The minimum atomic E-state index is -0.741. The molecule has 0 spiro atoms. The fourth-order valence-corrected chi connectivity index (χ4v) is 3.38. The van der Waals surface area contributed by atoms with Gasteiger partial charge in [-0.25, -0.2) is 0 Å². The molecule has 4 rings (SSSR count). The van der Waals surface area contributed by atoms with Crippen LogP contribution in [0.5, 0.6) is 5.75 Å². The highest BCUT2D eigenvalue weighted by atomic mass is 16.7. The lowest BCUT2D eigenvalue weighted by Crippen LogP contribution is -2.30. The van der Waals surface area contributed by atoms with Crippen LogP contribution >= 0.6 is 0 Å². The zero-order valence-electron chi connectivity index (χ0n) is 10.9. The zero-order chi connectivity index (χ0) is 13.9. The van der Waals surface area contributed by atoms with Crippen LogP contribution in [0.3, 0.4) is 0 Å². The molecule has 5 unspecified atom stereocenters. The number of hydrogen-bond acceptors (Lipinski definition) is 5. The van der Waals surface area contributed by atoms with Crippen molar-refractivity contribution in [3.8, 4) is 5.75 Å². The van der Waals surface area contributed by atoms with Gasteiger partial charge in [0, 0.05) is 23.3 Å². The van der Waals surface area contributed by atoms with E-state index in [1.807, 2.05) is 0 Å². The average molecular weight is 274 g/mol. The number of carbonyl (C=O) groups excluding carboxylic acids is 2. The highest BCUT2D eigenvalue weighted by Crippen LogP contribution is 2.57. The van der Waals surface area contributed by atoms with Crippen molar-refractivity contribution in [2.45, 2.75) is 12.4 Å². The summed E-state index contributed by atoms with van der Waals surface area (Å²) < 4.78 is 15.8. The smallest absolute Gasteiger partial charge is 0.218 e. The fourth-order valence-electron chi connectivity index (χ4n) is 3.38. The van der Waals surface area contributed by atoms with Crippen LogP contribution in [-0.4, -0.2) is 37.7 Å². The molecule has 1 aromatic carbocycles. The van der Waals surface area contributed by atoms with Gasteiger partial charge >= 0.3 is 0 Å². The summed E-state index contributed by atoms with van der Waals surface area (Å²) in [5, 5.41) is 0. The molecule has 2 bridgehead atoms. The molecule has 3 aliphatic rings. The number of carbonyl (C=O) groups is 2. The number of fused-ring (bicyclic) bond motifs is 4. The van der Waals surface area contributed by atoms with E-state index in [9.17, 15) is 9.59 Å². The maximum Gasteiger partial charge on any atom is 0.218 e. The van der Waals surface area contributed by atoms with E-state index in [0.717, 1.165) is 0 Å². The van der Waals surface area contributed by atoms with Gasteiger partial charge in [0.05, 0.1) is 19.8 Å². The van der Waals surface area contributed by atoms with E-state index >= 15 is 0 Å². The molecule has 0 aromatic heterocycles. The molecule has 1 aromatic rings. The van der Waals surface area contributed by atoms with Crippen molar-refractivity contribution >= 4 is 11.6 Å². The number of rotatable bonds is 3. The van der Waals surface area contributed by atoms with Gasteiger partial charge < -0.3 is 14.2 Å². The third kappa shape index (κ3) is 1.57. The summed E-state index contributed by atoms with van der Waals surface area (Å²) >= 11 is 0. The Kier molecular flexibility index (Phi) is 2.49. The molecule has 20 heavy (non-hydrogen) atoms. The second kappa shape index (κ2) is 4.14. The first-order chi connectivity index (χ1) is 9.70. The van der Waals surface area contributed by atoms with Gasteiger partial charge in [-0.3, -0.25) is 9.59 Å². The van der Waals surface area contributed by atoms with Gasteiger partial charge in [-0.2, -0.15) is 0 Å². The zero-order valence-corrected chi connectivity index (χ0v) is 10.9. The second-order valence-electron chi connectivity index (χ2n) is 5.46. The van der Waals surface area contributed by atoms with Gasteiger partial charge in [-0.15, -0.1) is 0 Å². The number of benzene rings is 1. The molecular formula is C15H14O5. The first-order valence-electron chi connectivity index (χ1n) is 6.70. The molecule has 5 heteroatoms. The molecule has 104 valence electrons. The Bertz CT molecular complexity index is 578. The van der Waals surface area contributed by atoms with Crippen LogP contribution < -0.4 is 4.74 Å². The predicted octanol–water partition coefficient (Wildman–Crippen LogP) is 1.06. The van der Waals surface area contributed by atoms with Crippen molar-refractivity contribution < 1.29 is 23.8 Å². The summed E-state index contributed by atoms with van der Waals surface area (Å²) in [6, 6.07) is 7.00. The molecule has 3 fully saturated rings. The van der Waals surface area contributed by atoms with Crippen molar-refractivity contribution in [2.24, 2.45) is 17.8 Å². The summed E-state index contributed by atoms with van der Waals surface area (Å²) in [7, 11) is 1.58. The van der Waals surface area contributed by atoms with Crippen molar-refractivity contribution in [2.75, 3.05) is 13.7 Å². The molecular weight excluding hydrogens is 260 g/mol. The maximum absolute atomic E-state index is 12.5. The van der Waals surface area contributed by atoms with Crippen molar-refractivity contribution in [1.82, 2.24) is 0 Å². The number of methoxy groups -OCH3 is 1. The molecule has 1 saturated carbocycles. The lowest BCUT2D eigenvalue weighted by Gasteiger charge is -2.14. The van der Waals surface area contributed by atoms with Crippen molar-refractivity contribution in [3.05, 3.63) is 29.8 Å². The molecule has 1 aliphatic carbocycles. The Hall–Kier alpha value is -1.72. The van der Waals surface area contributed by atoms with Crippen LogP contribution in [0.1, 0.15) is 10.4 Å². The Morgan fingerprint density at radius 2 is 2.05 bits per heavy atom. The van der Waals surface area contributed by atoms with E-state index in [2.05, 4.69) is 0 Å². The van der Waals surface area contributed by atoms with Crippen molar-refractivity contribution in [1.29, 1.82) is 0 Å². The first kappa shape index (κ1) is 12.1. The molecule has 0 amide bonds. The van der Waals surface area contributed by atoms with E-state index in [0.29, 0.717) is 17.9 Å². The highest BCUT2D eigenvalue weighted by Gasteiger charge is 2.68. The average Bonchev–Trinajstić information content (AvgIpc) is 3.09. The van der Waals surface area contributed by atoms with Crippen LogP contribution in [0.25, 0.3) is 0 Å². The molecule has 2 heterocycles. The van der Waals surface area contributed by atoms with Crippen LogP contribution in [0, 0.1) is 17.8 Å². The van der Waals surface area contributed by atoms with Gasteiger partial charge in [0.25, 0.3) is 0 Å². The monoisotopic (exact) mass is 274 g/mol. The van der Waals surface area contributed by atoms with Gasteiger partial charge in [-0.05, 0) is 24.3 Å². The first-order valence-corrected chi connectivity index (χ1v) is 6.70. The van der Waals surface area contributed by atoms with Crippen LogP contribution in [0.4, 0.5) is 0 Å². The largest absolute Gasteiger partial charge is 0.497 e. The number of ether oxygens (including phenoxy) is 3. The molecule has 0 N–H and O–H groups in total. The van der Waals surface area contributed by atoms with Crippen LogP contribution in [0.15, 0.2) is 24.3 Å². The van der Waals surface area contributed by atoms with E-state index in [1.54, 1.807) is 31.4 Å². The summed E-state index contributed by atoms with van der Waals surface area (Å²) in [4.78, 5) is 24.6. The molecule has 0 radical (unpaired) electrons. The van der Waals surface area contributed by atoms with Gasteiger partial charge in [0.15, 0.2) is 11.6 Å². The van der Waals surface area contributed by atoms with Crippen LogP contribution in [-0.2, 0) is 14.3 Å².